The molecule has 0 aromatic carbocycles. The topological polar surface area (TPSA) is 96.0 Å². The molecule has 144 valence electrons. The quantitative estimate of drug-likeness (QED) is 0.281. The van der Waals surface area contributed by atoms with Crippen molar-refractivity contribution in [1.82, 2.24) is 0 Å². The minimum absolute atomic E-state index is 0.0178. The summed E-state index contributed by atoms with van der Waals surface area (Å²) in [6.45, 7) is 10.1. The van der Waals surface area contributed by atoms with Gasteiger partial charge >= 0.3 is 17.9 Å². The number of ketones is 1. The number of hydrogen-bond donors (Lipinski definition) is 0. The Morgan fingerprint density at radius 3 is 2.23 bits per heavy atom. The Morgan fingerprint density at radius 2 is 1.69 bits per heavy atom. The molecule has 1 aliphatic rings. The van der Waals surface area contributed by atoms with Crippen LogP contribution < -0.4 is 0 Å². The second-order valence-electron chi connectivity index (χ2n) is 5.88. The first-order valence-electron chi connectivity index (χ1n) is 8.69. The van der Waals surface area contributed by atoms with E-state index >= 15 is 0 Å². The van der Waals surface area contributed by atoms with Gasteiger partial charge in [-0.1, -0.05) is 12.7 Å². The Bertz CT molecular complexity index is 632. The second kappa shape index (κ2) is 9.31. The molecule has 7 nitrogen and oxygen atoms in total. The molecule has 1 rings (SSSR count). The summed E-state index contributed by atoms with van der Waals surface area (Å²) in [4.78, 5) is 50.8. The van der Waals surface area contributed by atoms with Gasteiger partial charge in [0.15, 0.2) is 5.78 Å². The summed E-state index contributed by atoms with van der Waals surface area (Å²) in [6, 6.07) is 0. The van der Waals surface area contributed by atoms with E-state index in [4.69, 9.17) is 14.2 Å². The predicted molar refractivity (Wildman–Crippen MR) is 93.0 cm³/mol. The first-order valence-corrected chi connectivity index (χ1v) is 8.69. The SMILES string of the molecule is C=C(C(=O)OCC)C(C(=O)OCC)C1(C(=O)OCC)CCC=C(C)C1=O. The number of ether oxygens (including phenoxy) is 3. The first kappa shape index (κ1) is 21.6. The number of carbonyl (C=O) groups excluding carboxylic acids is 4. The van der Waals surface area contributed by atoms with Crippen molar-refractivity contribution in [2.24, 2.45) is 11.3 Å². The van der Waals surface area contributed by atoms with Gasteiger partial charge in [0.05, 0.1) is 19.8 Å². The minimum Gasteiger partial charge on any atom is -0.465 e. The van der Waals surface area contributed by atoms with Gasteiger partial charge in [0.2, 0.25) is 0 Å². The van der Waals surface area contributed by atoms with Crippen molar-refractivity contribution in [3.8, 4) is 0 Å². The minimum atomic E-state index is -1.88. The molecular weight excluding hydrogens is 340 g/mol. The second-order valence-corrected chi connectivity index (χ2v) is 5.88. The molecule has 0 radical (unpaired) electrons. The van der Waals surface area contributed by atoms with Crippen molar-refractivity contribution in [1.29, 1.82) is 0 Å². The van der Waals surface area contributed by atoms with Gasteiger partial charge in [0.1, 0.15) is 11.3 Å². The fraction of sp³-hybridized carbons (Fsp3) is 0.579. The summed E-state index contributed by atoms with van der Waals surface area (Å²) in [5, 5.41) is 0. The summed E-state index contributed by atoms with van der Waals surface area (Å²) in [6.07, 6.45) is 2.08. The molecule has 0 saturated heterocycles. The highest BCUT2D eigenvalue weighted by atomic mass is 16.5. The van der Waals surface area contributed by atoms with E-state index in [2.05, 4.69) is 6.58 Å². The Hall–Kier alpha value is -2.44. The van der Waals surface area contributed by atoms with Crippen LogP contribution in [-0.4, -0.2) is 43.5 Å². The van der Waals surface area contributed by atoms with Crippen molar-refractivity contribution >= 4 is 23.7 Å². The number of hydrogen-bond acceptors (Lipinski definition) is 7. The van der Waals surface area contributed by atoms with Crippen LogP contribution in [0.5, 0.6) is 0 Å². The number of allylic oxidation sites excluding steroid dienone is 2. The van der Waals surface area contributed by atoms with Crippen LogP contribution in [0.4, 0.5) is 0 Å². The largest absolute Gasteiger partial charge is 0.465 e. The van der Waals surface area contributed by atoms with Gasteiger partial charge in [0.25, 0.3) is 0 Å². The fourth-order valence-corrected chi connectivity index (χ4v) is 3.13. The van der Waals surface area contributed by atoms with Gasteiger partial charge < -0.3 is 14.2 Å². The highest BCUT2D eigenvalue weighted by Crippen LogP contribution is 2.45. The van der Waals surface area contributed by atoms with Crippen molar-refractivity contribution in [2.75, 3.05) is 19.8 Å². The summed E-state index contributed by atoms with van der Waals surface area (Å²) in [5.41, 5.74) is -1.85. The van der Waals surface area contributed by atoms with Gasteiger partial charge in [-0.3, -0.25) is 14.4 Å². The highest BCUT2D eigenvalue weighted by molar-refractivity contribution is 6.16. The maximum Gasteiger partial charge on any atom is 0.334 e. The zero-order valence-electron chi connectivity index (χ0n) is 15.8. The average molecular weight is 366 g/mol. The van der Waals surface area contributed by atoms with Crippen LogP contribution >= 0.6 is 0 Å². The van der Waals surface area contributed by atoms with Gasteiger partial charge in [-0.05, 0) is 46.1 Å². The molecule has 26 heavy (non-hydrogen) atoms. The average Bonchev–Trinajstić information content (AvgIpc) is 2.59. The lowest BCUT2D eigenvalue weighted by atomic mass is 9.62. The normalized spacial score (nSPS) is 20.6. The van der Waals surface area contributed by atoms with Gasteiger partial charge in [0, 0.05) is 5.57 Å². The molecule has 2 unspecified atom stereocenters. The Kier molecular flexibility index (Phi) is 7.74. The Morgan fingerprint density at radius 1 is 1.12 bits per heavy atom. The van der Waals surface area contributed by atoms with Crippen LogP contribution in [0.1, 0.15) is 40.5 Å². The number of rotatable bonds is 8. The molecule has 0 heterocycles. The third kappa shape index (κ3) is 4.03. The summed E-state index contributed by atoms with van der Waals surface area (Å²) >= 11 is 0. The van der Waals surface area contributed by atoms with Crippen molar-refractivity contribution in [2.45, 2.75) is 40.5 Å². The van der Waals surface area contributed by atoms with E-state index in [1.54, 1.807) is 33.8 Å². The Labute approximate surface area is 153 Å². The van der Waals surface area contributed by atoms with Crippen molar-refractivity contribution < 1.29 is 33.4 Å². The van der Waals surface area contributed by atoms with Gasteiger partial charge in [-0.2, -0.15) is 0 Å². The first-order chi connectivity index (χ1) is 12.3. The lowest BCUT2D eigenvalue weighted by Crippen LogP contribution is -2.53. The molecule has 0 aliphatic heterocycles. The van der Waals surface area contributed by atoms with Gasteiger partial charge in [-0.25, -0.2) is 4.79 Å². The lowest BCUT2D eigenvalue weighted by molar-refractivity contribution is -0.172. The summed E-state index contributed by atoms with van der Waals surface area (Å²) < 4.78 is 15.1. The van der Waals surface area contributed by atoms with Crippen molar-refractivity contribution in [3.63, 3.8) is 0 Å². The summed E-state index contributed by atoms with van der Waals surface area (Å²) in [7, 11) is 0. The summed E-state index contributed by atoms with van der Waals surface area (Å²) in [5.74, 6) is -4.65. The molecule has 0 N–H and O–H groups in total. The molecule has 0 aromatic heterocycles. The van der Waals surface area contributed by atoms with E-state index in [1.165, 1.54) is 0 Å². The number of carbonyl (C=O) groups is 4. The smallest absolute Gasteiger partial charge is 0.334 e. The lowest BCUT2D eigenvalue weighted by Gasteiger charge is -2.38. The highest BCUT2D eigenvalue weighted by Gasteiger charge is 2.59. The molecule has 0 bridgehead atoms. The zero-order valence-corrected chi connectivity index (χ0v) is 15.8. The van der Waals surface area contributed by atoms with Crippen LogP contribution in [0.2, 0.25) is 0 Å². The zero-order chi connectivity index (χ0) is 19.9. The molecule has 2 atom stereocenters. The van der Waals surface area contributed by atoms with E-state index in [-0.39, 0.29) is 31.8 Å². The molecule has 0 aromatic rings. The third-order valence-corrected chi connectivity index (χ3v) is 4.29. The monoisotopic (exact) mass is 366 g/mol. The third-order valence-electron chi connectivity index (χ3n) is 4.29. The van der Waals surface area contributed by atoms with E-state index in [1.807, 2.05) is 0 Å². The van der Waals surface area contributed by atoms with Crippen LogP contribution in [0.25, 0.3) is 0 Å². The van der Waals surface area contributed by atoms with E-state index < -0.39 is 35.0 Å². The Balaban J connectivity index is 3.56. The number of Topliss-reactive ketones (excluding diaryl/α,β-unsaturated/α-hetero) is 1. The van der Waals surface area contributed by atoms with Gasteiger partial charge in [-0.15, -0.1) is 0 Å². The van der Waals surface area contributed by atoms with Crippen LogP contribution in [0.3, 0.4) is 0 Å². The van der Waals surface area contributed by atoms with Crippen LogP contribution in [-0.2, 0) is 33.4 Å². The van der Waals surface area contributed by atoms with Crippen LogP contribution in [0, 0.1) is 11.3 Å². The van der Waals surface area contributed by atoms with Crippen molar-refractivity contribution in [3.05, 3.63) is 23.8 Å². The van der Waals surface area contributed by atoms with E-state index in [0.717, 1.165) is 0 Å². The maximum atomic E-state index is 13.0. The number of esters is 3. The molecule has 0 amide bonds. The predicted octanol–water partition coefficient (Wildman–Crippen LogP) is 2.14. The molecule has 0 fully saturated rings. The fourth-order valence-electron chi connectivity index (χ4n) is 3.13. The molecule has 0 saturated carbocycles. The maximum absolute atomic E-state index is 13.0. The molecule has 1 aliphatic carbocycles. The molecular formula is C19H26O7. The van der Waals surface area contributed by atoms with E-state index in [0.29, 0.717) is 12.0 Å². The van der Waals surface area contributed by atoms with Crippen LogP contribution in [0.15, 0.2) is 23.8 Å². The molecule has 0 spiro atoms. The standard InChI is InChI=1S/C19H26O7/c1-6-24-16(21)13(5)14(17(22)25-7-2)19(18(23)26-8-3)11-9-10-12(4)15(19)20/h10,14H,5-9,11H2,1-4H3. The molecule has 7 heteroatoms. The van der Waals surface area contributed by atoms with E-state index in [9.17, 15) is 19.2 Å².